The normalized spacial score (nSPS) is 24.5. The number of aliphatic hydroxyl groups is 1. The quantitative estimate of drug-likeness (QED) is 0.874. The highest BCUT2D eigenvalue weighted by Gasteiger charge is 2.31. The van der Waals surface area contributed by atoms with Crippen LogP contribution >= 0.6 is 0 Å². The zero-order chi connectivity index (χ0) is 14.5. The zero-order valence-electron chi connectivity index (χ0n) is 12.2. The lowest BCUT2D eigenvalue weighted by molar-refractivity contribution is -0.126. The molecule has 2 N–H and O–H groups in total. The number of carbonyl (C=O) groups excluding carboxylic acids is 1. The van der Waals surface area contributed by atoms with E-state index in [4.69, 9.17) is 0 Å². The minimum Gasteiger partial charge on any atom is -0.390 e. The van der Waals surface area contributed by atoms with Crippen LogP contribution in [-0.4, -0.2) is 41.1 Å². The summed E-state index contributed by atoms with van der Waals surface area (Å²) in [6.45, 7) is 5.82. The van der Waals surface area contributed by atoms with E-state index in [0.717, 1.165) is 6.42 Å². The summed E-state index contributed by atoms with van der Waals surface area (Å²) in [5.41, 5.74) is 1.17. The number of rotatable bonds is 4. The van der Waals surface area contributed by atoms with Crippen LogP contribution in [0.2, 0.25) is 0 Å². The standard InChI is InChI=1S/C16H24N2O2/c1-12(2)8-15-16(20)17-9-14(19)11-18(15)10-13-6-4-3-5-7-13/h3-7,12,14-15,19H,8-11H2,1-2H3,(H,17,20)/t14?,15-/m0/s1. The van der Waals surface area contributed by atoms with Gasteiger partial charge in [-0.15, -0.1) is 0 Å². The molecule has 0 saturated carbocycles. The maximum absolute atomic E-state index is 12.2. The number of hydrogen-bond donors (Lipinski definition) is 2. The highest BCUT2D eigenvalue weighted by Crippen LogP contribution is 2.17. The first-order valence-corrected chi connectivity index (χ1v) is 7.30. The fraction of sp³-hybridized carbons (Fsp3) is 0.562. The molecule has 1 aliphatic heterocycles. The van der Waals surface area contributed by atoms with Gasteiger partial charge in [-0.2, -0.15) is 0 Å². The van der Waals surface area contributed by atoms with Gasteiger partial charge in [-0.05, 0) is 17.9 Å². The second-order valence-corrected chi connectivity index (χ2v) is 5.96. The van der Waals surface area contributed by atoms with E-state index in [9.17, 15) is 9.90 Å². The van der Waals surface area contributed by atoms with E-state index in [1.807, 2.05) is 18.2 Å². The number of β-amino-alcohol motifs (C(OH)–C–C–N with tert-alkyl or cyclic N) is 1. The molecule has 0 aliphatic carbocycles. The molecular weight excluding hydrogens is 252 g/mol. The van der Waals surface area contributed by atoms with E-state index < -0.39 is 6.10 Å². The van der Waals surface area contributed by atoms with E-state index >= 15 is 0 Å². The third-order valence-corrected chi connectivity index (χ3v) is 3.62. The van der Waals surface area contributed by atoms with Gasteiger partial charge in [0.2, 0.25) is 5.91 Å². The van der Waals surface area contributed by atoms with Crippen LogP contribution in [-0.2, 0) is 11.3 Å². The molecule has 1 fully saturated rings. The molecule has 1 heterocycles. The molecule has 1 aromatic rings. The molecule has 4 heteroatoms. The van der Waals surface area contributed by atoms with Gasteiger partial charge in [0.05, 0.1) is 12.1 Å². The Morgan fingerprint density at radius 2 is 2.05 bits per heavy atom. The zero-order valence-corrected chi connectivity index (χ0v) is 12.2. The summed E-state index contributed by atoms with van der Waals surface area (Å²) in [5, 5.41) is 12.8. The van der Waals surface area contributed by atoms with Crippen molar-refractivity contribution in [2.45, 2.75) is 39.0 Å². The molecule has 20 heavy (non-hydrogen) atoms. The van der Waals surface area contributed by atoms with E-state index in [2.05, 4.69) is 36.2 Å². The van der Waals surface area contributed by atoms with Crippen molar-refractivity contribution in [3.8, 4) is 0 Å². The summed E-state index contributed by atoms with van der Waals surface area (Å²) in [6, 6.07) is 9.94. The Morgan fingerprint density at radius 3 is 2.70 bits per heavy atom. The van der Waals surface area contributed by atoms with Crippen LogP contribution in [0.4, 0.5) is 0 Å². The molecule has 1 saturated heterocycles. The van der Waals surface area contributed by atoms with Crippen LogP contribution in [0.1, 0.15) is 25.8 Å². The molecule has 1 aromatic carbocycles. The molecule has 1 amide bonds. The van der Waals surface area contributed by atoms with Gasteiger partial charge >= 0.3 is 0 Å². The van der Waals surface area contributed by atoms with Crippen molar-refractivity contribution in [2.75, 3.05) is 13.1 Å². The first kappa shape index (κ1) is 15.0. The Labute approximate surface area is 120 Å². The van der Waals surface area contributed by atoms with Crippen molar-refractivity contribution in [3.05, 3.63) is 35.9 Å². The average Bonchev–Trinajstić information content (AvgIpc) is 2.53. The molecular formula is C16H24N2O2. The lowest BCUT2D eigenvalue weighted by atomic mass is 10.0. The van der Waals surface area contributed by atoms with Crippen LogP contribution in [0.3, 0.4) is 0 Å². The van der Waals surface area contributed by atoms with Crippen molar-refractivity contribution in [2.24, 2.45) is 5.92 Å². The summed E-state index contributed by atoms with van der Waals surface area (Å²) in [5.74, 6) is 0.477. The first-order chi connectivity index (χ1) is 9.56. The molecule has 0 spiro atoms. The van der Waals surface area contributed by atoms with E-state index in [1.165, 1.54) is 5.56 Å². The number of amides is 1. The number of hydrogen-bond acceptors (Lipinski definition) is 3. The number of nitrogens with zero attached hydrogens (tertiary/aromatic N) is 1. The minimum absolute atomic E-state index is 0.0335. The van der Waals surface area contributed by atoms with Gasteiger partial charge in [-0.3, -0.25) is 9.69 Å². The predicted octanol–water partition coefficient (Wildman–Crippen LogP) is 1.39. The van der Waals surface area contributed by atoms with Crippen LogP contribution in [0, 0.1) is 5.92 Å². The lowest BCUT2D eigenvalue weighted by Gasteiger charge is -2.30. The summed E-state index contributed by atoms with van der Waals surface area (Å²) in [4.78, 5) is 14.3. The van der Waals surface area contributed by atoms with Gasteiger partial charge in [0.15, 0.2) is 0 Å². The molecule has 0 radical (unpaired) electrons. The van der Waals surface area contributed by atoms with Crippen LogP contribution in [0.5, 0.6) is 0 Å². The number of nitrogens with one attached hydrogen (secondary N) is 1. The van der Waals surface area contributed by atoms with Crippen LogP contribution in [0.15, 0.2) is 30.3 Å². The van der Waals surface area contributed by atoms with Gasteiger partial charge in [0.1, 0.15) is 0 Å². The largest absolute Gasteiger partial charge is 0.390 e. The van der Waals surface area contributed by atoms with Crippen molar-refractivity contribution < 1.29 is 9.90 Å². The topological polar surface area (TPSA) is 52.6 Å². The van der Waals surface area contributed by atoms with Crippen LogP contribution < -0.4 is 5.32 Å². The van der Waals surface area contributed by atoms with Crippen molar-refractivity contribution >= 4 is 5.91 Å². The SMILES string of the molecule is CC(C)C[C@H]1C(=O)NCC(O)CN1Cc1ccccc1. The van der Waals surface area contributed by atoms with Gasteiger partial charge in [0.25, 0.3) is 0 Å². The molecule has 110 valence electrons. The second kappa shape index (κ2) is 6.86. The maximum Gasteiger partial charge on any atom is 0.237 e. The Kier molecular flexibility index (Phi) is 5.15. The first-order valence-electron chi connectivity index (χ1n) is 7.30. The van der Waals surface area contributed by atoms with Crippen LogP contribution in [0.25, 0.3) is 0 Å². The molecule has 0 aromatic heterocycles. The fourth-order valence-electron chi connectivity index (χ4n) is 2.66. The molecule has 2 rings (SSSR count). The third kappa shape index (κ3) is 4.05. The summed E-state index contributed by atoms with van der Waals surface area (Å²) in [7, 11) is 0. The summed E-state index contributed by atoms with van der Waals surface area (Å²) >= 11 is 0. The predicted molar refractivity (Wildman–Crippen MR) is 79.1 cm³/mol. The van der Waals surface area contributed by atoms with Gasteiger partial charge in [-0.1, -0.05) is 44.2 Å². The van der Waals surface area contributed by atoms with Crippen molar-refractivity contribution in [1.29, 1.82) is 0 Å². The molecule has 2 atom stereocenters. The van der Waals surface area contributed by atoms with Crippen molar-refractivity contribution in [3.63, 3.8) is 0 Å². The number of carbonyl (C=O) groups is 1. The van der Waals surface area contributed by atoms with Gasteiger partial charge in [-0.25, -0.2) is 0 Å². The van der Waals surface area contributed by atoms with Gasteiger partial charge < -0.3 is 10.4 Å². The Hall–Kier alpha value is -1.39. The van der Waals surface area contributed by atoms with Gasteiger partial charge in [0, 0.05) is 19.6 Å². The Morgan fingerprint density at radius 1 is 1.35 bits per heavy atom. The Balaban J connectivity index is 2.16. The molecule has 0 bridgehead atoms. The molecule has 4 nitrogen and oxygen atoms in total. The average molecular weight is 276 g/mol. The summed E-state index contributed by atoms with van der Waals surface area (Å²) < 4.78 is 0. The highest BCUT2D eigenvalue weighted by molar-refractivity contribution is 5.82. The maximum atomic E-state index is 12.2. The monoisotopic (exact) mass is 276 g/mol. The Bertz CT molecular complexity index is 433. The number of aliphatic hydroxyl groups excluding tert-OH is 1. The molecule has 1 unspecified atom stereocenters. The minimum atomic E-state index is -0.500. The second-order valence-electron chi connectivity index (χ2n) is 5.96. The van der Waals surface area contributed by atoms with E-state index in [-0.39, 0.29) is 11.9 Å². The fourth-order valence-corrected chi connectivity index (χ4v) is 2.66. The van der Waals surface area contributed by atoms with Crippen molar-refractivity contribution in [1.82, 2.24) is 10.2 Å². The van der Waals surface area contributed by atoms with E-state index in [1.54, 1.807) is 0 Å². The lowest BCUT2D eigenvalue weighted by Crippen LogP contribution is -2.44. The highest BCUT2D eigenvalue weighted by atomic mass is 16.3. The van der Waals surface area contributed by atoms with E-state index in [0.29, 0.717) is 25.6 Å². The number of benzene rings is 1. The summed E-state index contributed by atoms with van der Waals surface area (Å²) in [6.07, 6.45) is 0.311. The molecule has 1 aliphatic rings. The third-order valence-electron chi connectivity index (χ3n) is 3.62. The smallest absolute Gasteiger partial charge is 0.237 e.